The quantitative estimate of drug-likeness (QED) is 0.647. The number of aromatic amines is 2. The molecule has 2 aromatic heterocycles. The van der Waals surface area contributed by atoms with E-state index in [1.165, 1.54) is 6.20 Å². The lowest BCUT2D eigenvalue weighted by atomic mass is 10.2. The van der Waals surface area contributed by atoms with Gasteiger partial charge in [-0.05, 0) is 12.1 Å². The fourth-order valence-corrected chi connectivity index (χ4v) is 2.31. The van der Waals surface area contributed by atoms with Crippen LogP contribution in [0.2, 0.25) is 10.0 Å². The van der Waals surface area contributed by atoms with Crippen molar-refractivity contribution in [3.05, 3.63) is 38.7 Å². The van der Waals surface area contributed by atoms with Crippen molar-refractivity contribution < 1.29 is 0 Å². The SMILES string of the molecule is O=c1[nH][nH]c2c1cnc1cc(Cl)cc(Cl)c12. The maximum absolute atomic E-state index is 11.4. The second-order valence-electron chi connectivity index (χ2n) is 3.41. The normalized spacial score (nSPS) is 11.4. The fourth-order valence-electron chi connectivity index (χ4n) is 1.73. The molecule has 0 radical (unpaired) electrons. The molecule has 0 spiro atoms. The van der Waals surface area contributed by atoms with Crippen LogP contribution in [0.25, 0.3) is 21.8 Å². The number of pyridine rings is 1. The average Bonchev–Trinajstić information content (AvgIpc) is 2.59. The van der Waals surface area contributed by atoms with Gasteiger partial charge in [-0.1, -0.05) is 23.2 Å². The second kappa shape index (κ2) is 3.23. The minimum atomic E-state index is -0.213. The molecular weight excluding hydrogens is 249 g/mol. The zero-order valence-electron chi connectivity index (χ0n) is 7.84. The molecule has 6 heteroatoms. The number of nitrogens with one attached hydrogen (secondary N) is 2. The number of fused-ring (bicyclic) bond motifs is 3. The smallest absolute Gasteiger partial charge is 0.273 e. The highest BCUT2D eigenvalue weighted by Gasteiger charge is 2.10. The minimum Gasteiger partial charge on any atom is -0.297 e. The van der Waals surface area contributed by atoms with Crippen molar-refractivity contribution in [3.8, 4) is 0 Å². The molecular formula is C10H5Cl2N3O. The van der Waals surface area contributed by atoms with Crippen LogP contribution in [0.1, 0.15) is 0 Å². The van der Waals surface area contributed by atoms with Gasteiger partial charge in [-0.2, -0.15) is 0 Å². The topological polar surface area (TPSA) is 61.5 Å². The van der Waals surface area contributed by atoms with Gasteiger partial charge in [-0.15, -0.1) is 0 Å². The van der Waals surface area contributed by atoms with E-state index in [1.54, 1.807) is 12.1 Å². The summed E-state index contributed by atoms with van der Waals surface area (Å²) in [6, 6.07) is 3.32. The molecule has 2 N–H and O–H groups in total. The van der Waals surface area contributed by atoms with E-state index < -0.39 is 0 Å². The third-order valence-electron chi connectivity index (χ3n) is 2.43. The zero-order valence-corrected chi connectivity index (χ0v) is 9.36. The van der Waals surface area contributed by atoms with E-state index in [4.69, 9.17) is 23.2 Å². The van der Waals surface area contributed by atoms with Crippen LogP contribution in [0.3, 0.4) is 0 Å². The summed E-state index contributed by atoms with van der Waals surface area (Å²) in [5.74, 6) is 0. The van der Waals surface area contributed by atoms with E-state index in [1.807, 2.05) is 0 Å². The van der Waals surface area contributed by atoms with Crippen molar-refractivity contribution in [2.24, 2.45) is 0 Å². The lowest BCUT2D eigenvalue weighted by Crippen LogP contribution is -1.97. The molecule has 0 aliphatic heterocycles. The first-order chi connectivity index (χ1) is 7.66. The van der Waals surface area contributed by atoms with Crippen molar-refractivity contribution >= 4 is 45.0 Å². The number of halogens is 2. The Bertz CT molecular complexity index is 760. The van der Waals surface area contributed by atoms with Gasteiger partial charge >= 0.3 is 0 Å². The van der Waals surface area contributed by atoms with Gasteiger partial charge in [-0.25, -0.2) is 0 Å². The van der Waals surface area contributed by atoms with Crippen molar-refractivity contribution in [2.75, 3.05) is 0 Å². The van der Waals surface area contributed by atoms with Crippen LogP contribution in [0.5, 0.6) is 0 Å². The van der Waals surface area contributed by atoms with Gasteiger partial charge in [0.05, 0.1) is 21.4 Å². The Kier molecular flexibility index (Phi) is 1.96. The Labute approximate surface area is 99.2 Å². The average molecular weight is 254 g/mol. The molecule has 0 fully saturated rings. The number of nitrogens with zero attached hydrogens (tertiary/aromatic N) is 1. The first kappa shape index (κ1) is 9.69. The Morgan fingerprint density at radius 3 is 2.81 bits per heavy atom. The van der Waals surface area contributed by atoms with Crippen LogP contribution in [0.15, 0.2) is 23.1 Å². The molecule has 0 aliphatic carbocycles. The molecule has 4 nitrogen and oxygen atoms in total. The molecule has 0 amide bonds. The molecule has 0 atom stereocenters. The van der Waals surface area contributed by atoms with Gasteiger partial charge < -0.3 is 0 Å². The largest absolute Gasteiger partial charge is 0.297 e. The van der Waals surface area contributed by atoms with Crippen LogP contribution in [-0.2, 0) is 0 Å². The van der Waals surface area contributed by atoms with Gasteiger partial charge in [0.1, 0.15) is 0 Å². The Morgan fingerprint density at radius 2 is 2.00 bits per heavy atom. The maximum atomic E-state index is 11.4. The van der Waals surface area contributed by atoms with E-state index in [0.717, 1.165) is 0 Å². The van der Waals surface area contributed by atoms with Crippen LogP contribution in [-0.4, -0.2) is 15.2 Å². The van der Waals surface area contributed by atoms with E-state index in [-0.39, 0.29) is 5.56 Å². The van der Waals surface area contributed by atoms with Gasteiger partial charge in [0, 0.05) is 16.6 Å². The van der Waals surface area contributed by atoms with Gasteiger partial charge in [0.2, 0.25) is 0 Å². The van der Waals surface area contributed by atoms with Crippen LogP contribution in [0, 0.1) is 0 Å². The highest BCUT2D eigenvalue weighted by atomic mass is 35.5. The Hall–Kier alpha value is -1.52. The van der Waals surface area contributed by atoms with Crippen LogP contribution < -0.4 is 5.56 Å². The molecule has 1 aromatic carbocycles. The second-order valence-corrected chi connectivity index (χ2v) is 4.25. The third-order valence-corrected chi connectivity index (χ3v) is 2.95. The first-order valence-electron chi connectivity index (χ1n) is 4.51. The van der Waals surface area contributed by atoms with Crippen LogP contribution >= 0.6 is 23.2 Å². The highest BCUT2D eigenvalue weighted by Crippen LogP contribution is 2.30. The first-order valence-corrected chi connectivity index (χ1v) is 5.26. The maximum Gasteiger partial charge on any atom is 0.273 e. The predicted molar refractivity (Wildman–Crippen MR) is 64.2 cm³/mol. The Balaban J connectivity index is 2.65. The molecule has 80 valence electrons. The summed E-state index contributed by atoms with van der Waals surface area (Å²) < 4.78 is 0. The summed E-state index contributed by atoms with van der Waals surface area (Å²) in [6.07, 6.45) is 1.50. The molecule has 2 heterocycles. The lowest BCUT2D eigenvalue weighted by Gasteiger charge is -2.01. The van der Waals surface area contributed by atoms with Crippen LogP contribution in [0.4, 0.5) is 0 Å². The number of hydrogen-bond donors (Lipinski definition) is 2. The lowest BCUT2D eigenvalue weighted by molar-refractivity contribution is 1.08. The molecule has 0 bridgehead atoms. The standard InChI is InChI=1S/C10H5Cl2N3O/c11-4-1-6(12)8-7(2-4)13-3-5-9(8)14-15-10(5)16/h1-3H,(H2,14,15,16). The summed E-state index contributed by atoms with van der Waals surface area (Å²) in [4.78, 5) is 15.6. The van der Waals surface area contributed by atoms with E-state index in [0.29, 0.717) is 31.9 Å². The molecule has 0 saturated carbocycles. The summed E-state index contributed by atoms with van der Waals surface area (Å²) >= 11 is 12.0. The minimum absolute atomic E-state index is 0.213. The van der Waals surface area contributed by atoms with Gasteiger partial charge in [-0.3, -0.25) is 20.0 Å². The number of aromatic nitrogens is 3. The summed E-state index contributed by atoms with van der Waals surface area (Å²) in [5, 5.41) is 7.45. The van der Waals surface area contributed by atoms with Crippen molar-refractivity contribution in [2.45, 2.75) is 0 Å². The zero-order chi connectivity index (χ0) is 11.3. The summed E-state index contributed by atoms with van der Waals surface area (Å²) in [7, 11) is 0. The molecule has 0 unspecified atom stereocenters. The third kappa shape index (κ3) is 1.24. The molecule has 3 rings (SSSR count). The number of H-pyrrole nitrogens is 2. The van der Waals surface area contributed by atoms with Gasteiger partial charge in [0.25, 0.3) is 5.56 Å². The van der Waals surface area contributed by atoms with Crippen molar-refractivity contribution in [3.63, 3.8) is 0 Å². The molecule has 0 saturated heterocycles. The number of benzene rings is 1. The number of hydrogen-bond acceptors (Lipinski definition) is 2. The predicted octanol–water partition coefficient (Wildman–Crippen LogP) is 2.71. The monoisotopic (exact) mass is 253 g/mol. The highest BCUT2D eigenvalue weighted by molar-refractivity contribution is 6.40. The number of rotatable bonds is 0. The van der Waals surface area contributed by atoms with E-state index >= 15 is 0 Å². The molecule has 0 aliphatic rings. The van der Waals surface area contributed by atoms with Crippen molar-refractivity contribution in [1.29, 1.82) is 0 Å². The fraction of sp³-hybridized carbons (Fsp3) is 0. The molecule has 16 heavy (non-hydrogen) atoms. The molecule has 3 aromatic rings. The Morgan fingerprint density at radius 1 is 1.19 bits per heavy atom. The van der Waals surface area contributed by atoms with Gasteiger partial charge in [0.15, 0.2) is 0 Å². The summed E-state index contributed by atoms with van der Waals surface area (Å²) in [6.45, 7) is 0. The van der Waals surface area contributed by atoms with Crippen molar-refractivity contribution in [1.82, 2.24) is 15.2 Å². The summed E-state index contributed by atoms with van der Waals surface area (Å²) in [5.41, 5.74) is 1.09. The van der Waals surface area contributed by atoms with E-state index in [2.05, 4.69) is 15.2 Å². The van der Waals surface area contributed by atoms with E-state index in [9.17, 15) is 4.79 Å².